The van der Waals surface area contributed by atoms with Crippen LogP contribution in [0.25, 0.3) is 0 Å². The Labute approximate surface area is 174 Å². The van der Waals surface area contributed by atoms with E-state index in [-0.39, 0.29) is 17.2 Å². The predicted octanol–water partition coefficient (Wildman–Crippen LogP) is 2.46. The van der Waals surface area contributed by atoms with Crippen molar-refractivity contribution < 1.29 is 33.1 Å². The highest BCUT2D eigenvalue weighted by molar-refractivity contribution is 5.80. The molecule has 3 atom stereocenters. The second kappa shape index (κ2) is 8.63. The Bertz CT molecular complexity index is 956. The number of alkyl halides is 3. The van der Waals surface area contributed by atoms with Gasteiger partial charge < -0.3 is 15.5 Å². The van der Waals surface area contributed by atoms with Gasteiger partial charge in [0.05, 0.1) is 17.6 Å². The summed E-state index contributed by atoms with van der Waals surface area (Å²) in [6.07, 6.45) is -4.64. The van der Waals surface area contributed by atoms with Gasteiger partial charge in [0, 0.05) is 23.7 Å². The van der Waals surface area contributed by atoms with Crippen molar-refractivity contribution in [1.82, 2.24) is 15.1 Å². The second-order valence-electron chi connectivity index (χ2n) is 7.44. The average molecular weight is 442 g/mol. The molecule has 9 nitrogen and oxygen atoms in total. The van der Waals surface area contributed by atoms with Crippen LogP contribution in [0.4, 0.5) is 18.9 Å². The summed E-state index contributed by atoms with van der Waals surface area (Å²) >= 11 is 0. The normalized spacial score (nSPS) is 17.1. The Morgan fingerprint density at radius 1 is 1.35 bits per heavy atom. The van der Waals surface area contributed by atoms with E-state index in [0.29, 0.717) is 18.5 Å². The first-order valence-corrected chi connectivity index (χ1v) is 9.53. The van der Waals surface area contributed by atoms with Crippen molar-refractivity contribution in [2.75, 3.05) is 6.61 Å². The summed E-state index contributed by atoms with van der Waals surface area (Å²) in [6, 6.07) is 3.55. The molecule has 31 heavy (non-hydrogen) atoms. The summed E-state index contributed by atoms with van der Waals surface area (Å²) in [4.78, 5) is 22.8. The van der Waals surface area contributed by atoms with E-state index < -0.39 is 47.5 Å². The molecule has 1 heterocycles. The number of amides is 1. The highest BCUT2D eigenvalue weighted by Crippen LogP contribution is 2.43. The molecule has 1 aromatic carbocycles. The van der Waals surface area contributed by atoms with Crippen LogP contribution in [-0.4, -0.2) is 43.5 Å². The number of rotatable bonds is 8. The summed E-state index contributed by atoms with van der Waals surface area (Å²) in [6.45, 7) is 0.708. The summed E-state index contributed by atoms with van der Waals surface area (Å²) in [7, 11) is 0. The average Bonchev–Trinajstić information content (AvgIpc) is 3.47. The number of benzene rings is 1. The molecule has 0 saturated heterocycles. The van der Waals surface area contributed by atoms with Gasteiger partial charge in [0.25, 0.3) is 5.69 Å². The molecule has 1 aliphatic carbocycles. The number of hydrogen-bond acceptors (Lipinski definition) is 6. The highest BCUT2D eigenvalue weighted by Gasteiger charge is 2.39. The SMILES string of the molecule is CC(C(=O)NC(CO)C(O)c1ccc([N+](=O)[O-])cc1)n1nc(C(F)(F)F)cc1C1CC1. The van der Waals surface area contributed by atoms with Gasteiger partial charge in [0.1, 0.15) is 12.1 Å². The van der Waals surface area contributed by atoms with Crippen LogP contribution in [0.2, 0.25) is 0 Å². The minimum Gasteiger partial charge on any atom is -0.394 e. The number of carbonyl (C=O) groups excluding carboxylic acids is 1. The van der Waals surface area contributed by atoms with Gasteiger partial charge in [0.2, 0.25) is 5.91 Å². The topological polar surface area (TPSA) is 131 Å². The molecular formula is C19H21F3N4O5. The minimum absolute atomic E-state index is 0.0989. The van der Waals surface area contributed by atoms with E-state index in [4.69, 9.17) is 0 Å². The number of aliphatic hydroxyl groups excluding tert-OH is 2. The van der Waals surface area contributed by atoms with Gasteiger partial charge >= 0.3 is 6.18 Å². The summed E-state index contributed by atoms with van der Waals surface area (Å²) in [5.41, 5.74) is -0.749. The van der Waals surface area contributed by atoms with Crippen LogP contribution in [0, 0.1) is 10.1 Å². The first kappa shape index (κ1) is 22.7. The number of nitrogens with one attached hydrogen (secondary N) is 1. The second-order valence-corrected chi connectivity index (χ2v) is 7.44. The molecule has 12 heteroatoms. The minimum atomic E-state index is -4.65. The quantitative estimate of drug-likeness (QED) is 0.425. The van der Waals surface area contributed by atoms with Gasteiger partial charge in [-0.3, -0.25) is 19.6 Å². The number of non-ortho nitro benzene ring substituents is 1. The smallest absolute Gasteiger partial charge is 0.394 e. The third kappa shape index (κ3) is 5.02. The standard InChI is InChI=1S/C19H21F3N4O5/c1-10(25-15(11-2-3-11)8-16(24-25)19(20,21)22)18(29)23-14(9-27)17(28)12-4-6-13(7-5-12)26(30)31/h4-8,10-11,14,17,27-28H,2-3,9H2,1H3,(H,23,29). The van der Waals surface area contributed by atoms with Crippen molar-refractivity contribution in [2.24, 2.45) is 0 Å². The third-order valence-corrected chi connectivity index (χ3v) is 5.15. The third-order valence-electron chi connectivity index (χ3n) is 5.15. The number of carbonyl (C=O) groups is 1. The van der Waals surface area contributed by atoms with Crippen LogP contribution in [0.5, 0.6) is 0 Å². The lowest BCUT2D eigenvalue weighted by atomic mass is 10.0. The number of aromatic nitrogens is 2. The Morgan fingerprint density at radius 2 is 1.97 bits per heavy atom. The van der Waals surface area contributed by atoms with Gasteiger partial charge in [-0.25, -0.2) is 0 Å². The molecule has 1 saturated carbocycles. The molecule has 1 fully saturated rings. The maximum Gasteiger partial charge on any atom is 0.435 e. The monoisotopic (exact) mass is 442 g/mol. The van der Waals surface area contributed by atoms with Gasteiger partial charge in [-0.1, -0.05) is 0 Å². The number of nitro benzene ring substituents is 1. The fraction of sp³-hybridized carbons (Fsp3) is 0.474. The molecule has 3 rings (SSSR count). The van der Waals surface area contributed by atoms with E-state index in [2.05, 4.69) is 10.4 Å². The van der Waals surface area contributed by atoms with Crippen molar-refractivity contribution in [2.45, 2.75) is 50.0 Å². The summed E-state index contributed by atoms with van der Waals surface area (Å²) in [5.74, 6) is -0.836. The van der Waals surface area contributed by atoms with Gasteiger partial charge in [-0.2, -0.15) is 18.3 Å². The van der Waals surface area contributed by atoms with E-state index in [9.17, 15) is 38.3 Å². The zero-order valence-electron chi connectivity index (χ0n) is 16.4. The van der Waals surface area contributed by atoms with E-state index in [1.165, 1.54) is 31.2 Å². The Kier molecular flexibility index (Phi) is 6.32. The molecule has 168 valence electrons. The maximum absolute atomic E-state index is 13.1. The van der Waals surface area contributed by atoms with Crippen LogP contribution in [0.3, 0.4) is 0 Å². The van der Waals surface area contributed by atoms with E-state index in [1.807, 2.05) is 0 Å². The van der Waals surface area contributed by atoms with Crippen molar-refractivity contribution in [3.8, 4) is 0 Å². The zero-order chi connectivity index (χ0) is 22.9. The van der Waals surface area contributed by atoms with E-state index in [1.54, 1.807) is 0 Å². The largest absolute Gasteiger partial charge is 0.435 e. The fourth-order valence-corrected chi connectivity index (χ4v) is 3.21. The molecular weight excluding hydrogens is 421 g/mol. The molecule has 1 amide bonds. The molecule has 3 N–H and O–H groups in total. The number of halogens is 3. The van der Waals surface area contributed by atoms with Crippen molar-refractivity contribution >= 4 is 11.6 Å². The first-order valence-electron chi connectivity index (χ1n) is 9.53. The number of nitrogens with zero attached hydrogens (tertiary/aromatic N) is 3. The summed E-state index contributed by atoms with van der Waals surface area (Å²) < 4.78 is 40.3. The van der Waals surface area contributed by atoms with Crippen molar-refractivity contribution in [3.63, 3.8) is 0 Å². The van der Waals surface area contributed by atoms with Crippen molar-refractivity contribution in [1.29, 1.82) is 0 Å². The lowest BCUT2D eigenvalue weighted by Gasteiger charge is -2.25. The lowest BCUT2D eigenvalue weighted by molar-refractivity contribution is -0.384. The number of hydrogen-bond donors (Lipinski definition) is 3. The summed E-state index contributed by atoms with van der Waals surface area (Å²) in [5, 5.41) is 36.8. The molecule has 2 aromatic rings. The predicted molar refractivity (Wildman–Crippen MR) is 101 cm³/mol. The Hall–Kier alpha value is -2.99. The van der Waals surface area contributed by atoms with Crippen LogP contribution < -0.4 is 5.32 Å². The van der Waals surface area contributed by atoms with Crippen molar-refractivity contribution in [3.05, 3.63) is 57.4 Å². The van der Waals surface area contributed by atoms with Gasteiger partial charge in [-0.15, -0.1) is 0 Å². The van der Waals surface area contributed by atoms with Crippen LogP contribution in [-0.2, 0) is 11.0 Å². The molecule has 0 bridgehead atoms. The highest BCUT2D eigenvalue weighted by atomic mass is 19.4. The van der Waals surface area contributed by atoms with E-state index in [0.717, 1.165) is 10.7 Å². The fourth-order valence-electron chi connectivity index (χ4n) is 3.21. The number of aliphatic hydroxyl groups is 2. The molecule has 3 unspecified atom stereocenters. The molecule has 0 aliphatic heterocycles. The Balaban J connectivity index is 1.76. The van der Waals surface area contributed by atoms with Crippen LogP contribution in [0.1, 0.15) is 54.8 Å². The lowest BCUT2D eigenvalue weighted by Crippen LogP contribution is -2.44. The molecule has 1 aromatic heterocycles. The first-order chi connectivity index (χ1) is 14.5. The molecule has 0 spiro atoms. The molecule has 0 radical (unpaired) electrons. The maximum atomic E-state index is 13.1. The molecule has 1 aliphatic rings. The van der Waals surface area contributed by atoms with Gasteiger partial charge in [0.15, 0.2) is 5.69 Å². The van der Waals surface area contributed by atoms with Crippen LogP contribution in [0.15, 0.2) is 30.3 Å². The van der Waals surface area contributed by atoms with E-state index >= 15 is 0 Å². The van der Waals surface area contributed by atoms with Crippen LogP contribution >= 0.6 is 0 Å². The van der Waals surface area contributed by atoms with Gasteiger partial charge in [-0.05, 0) is 43.5 Å². The Morgan fingerprint density at radius 3 is 2.45 bits per heavy atom. The zero-order valence-corrected chi connectivity index (χ0v) is 16.4. The number of nitro groups is 1.